The van der Waals surface area contributed by atoms with Crippen LogP contribution in [0.4, 0.5) is 8.78 Å². The molecule has 3 aromatic rings. The van der Waals surface area contributed by atoms with Crippen LogP contribution >= 0.6 is 0 Å². The van der Waals surface area contributed by atoms with Gasteiger partial charge >= 0.3 is 0 Å². The Labute approximate surface area is 183 Å². The van der Waals surface area contributed by atoms with Crippen LogP contribution in [0.15, 0.2) is 53.1 Å². The number of nitrogens with zero attached hydrogens (tertiary/aromatic N) is 3. The lowest BCUT2D eigenvalue weighted by atomic mass is 10.0. The van der Waals surface area contributed by atoms with Gasteiger partial charge in [-0.3, -0.25) is 9.59 Å². The highest BCUT2D eigenvalue weighted by atomic mass is 19.2. The summed E-state index contributed by atoms with van der Waals surface area (Å²) in [6, 6.07) is 11.8. The molecule has 3 unspecified atom stereocenters. The summed E-state index contributed by atoms with van der Waals surface area (Å²) in [5.41, 5.74) is 0.768. The molecule has 1 heterocycles. The highest BCUT2D eigenvalue weighted by Crippen LogP contribution is 2.39. The van der Waals surface area contributed by atoms with Crippen molar-refractivity contribution in [2.24, 2.45) is 5.92 Å². The van der Waals surface area contributed by atoms with Gasteiger partial charge in [0, 0.05) is 37.2 Å². The van der Waals surface area contributed by atoms with Crippen LogP contribution in [0.5, 0.6) is 0 Å². The summed E-state index contributed by atoms with van der Waals surface area (Å²) >= 11 is 0. The molecule has 1 N–H and O–H groups in total. The molecule has 7 nitrogen and oxygen atoms in total. The van der Waals surface area contributed by atoms with Crippen LogP contribution in [0, 0.1) is 17.6 Å². The van der Waals surface area contributed by atoms with Gasteiger partial charge in [0.1, 0.15) is 0 Å². The fourth-order valence-electron chi connectivity index (χ4n) is 4.02. The first kappa shape index (κ1) is 21.6. The van der Waals surface area contributed by atoms with Gasteiger partial charge in [0.05, 0.1) is 5.92 Å². The second-order valence-electron chi connectivity index (χ2n) is 8.04. The molecular weight excluding hydrogens is 418 g/mol. The van der Waals surface area contributed by atoms with E-state index in [1.165, 1.54) is 11.0 Å². The predicted molar refractivity (Wildman–Crippen MR) is 112 cm³/mol. The van der Waals surface area contributed by atoms with Crippen LogP contribution in [0.3, 0.4) is 0 Å². The topological polar surface area (TPSA) is 88.3 Å². The number of hydrogen-bond acceptors (Lipinski definition) is 5. The molecule has 0 aliphatic heterocycles. The van der Waals surface area contributed by atoms with E-state index >= 15 is 0 Å². The average molecular weight is 440 g/mol. The summed E-state index contributed by atoms with van der Waals surface area (Å²) in [7, 11) is 3.34. The third kappa shape index (κ3) is 4.37. The molecule has 2 amide bonds. The van der Waals surface area contributed by atoms with Gasteiger partial charge in [-0.05, 0) is 31.0 Å². The Morgan fingerprint density at radius 2 is 1.81 bits per heavy atom. The van der Waals surface area contributed by atoms with E-state index in [0.717, 1.165) is 17.7 Å². The van der Waals surface area contributed by atoms with Crippen molar-refractivity contribution in [3.05, 3.63) is 71.6 Å². The summed E-state index contributed by atoms with van der Waals surface area (Å²) in [6.07, 6.45) is 0.774. The number of nitrogens with one attached hydrogen (secondary N) is 1. The molecule has 1 aliphatic rings. The number of carbonyl (C=O) groups is 2. The van der Waals surface area contributed by atoms with Crippen LogP contribution in [0.2, 0.25) is 0 Å². The van der Waals surface area contributed by atoms with E-state index in [0.29, 0.717) is 24.6 Å². The van der Waals surface area contributed by atoms with Crippen molar-refractivity contribution >= 4 is 11.8 Å². The highest BCUT2D eigenvalue weighted by molar-refractivity contribution is 5.94. The van der Waals surface area contributed by atoms with E-state index in [2.05, 4.69) is 15.5 Å². The van der Waals surface area contributed by atoms with Gasteiger partial charge in [0.25, 0.3) is 5.91 Å². The van der Waals surface area contributed by atoms with Crippen molar-refractivity contribution in [2.75, 3.05) is 14.1 Å². The molecule has 3 atom stereocenters. The Morgan fingerprint density at radius 3 is 2.50 bits per heavy atom. The monoisotopic (exact) mass is 440 g/mol. The van der Waals surface area contributed by atoms with Crippen LogP contribution in [0.25, 0.3) is 11.4 Å². The summed E-state index contributed by atoms with van der Waals surface area (Å²) in [5.74, 6) is -2.80. The molecule has 1 aromatic heterocycles. The van der Waals surface area contributed by atoms with E-state index in [-0.39, 0.29) is 17.4 Å². The fraction of sp³-hybridized carbons (Fsp3) is 0.304. The molecule has 4 rings (SSSR count). The Morgan fingerprint density at radius 1 is 1.06 bits per heavy atom. The number of amides is 2. The molecule has 166 valence electrons. The zero-order valence-corrected chi connectivity index (χ0v) is 17.6. The standard InChI is InChI=1S/C23H22F2N4O3/c1-29(2)23(31)15-10-16(22-27-20(28-32-22)13-6-4-3-5-7-13)19(12-15)26-21(30)14-8-9-17(24)18(25)11-14/h3-9,11,15-16,19H,10,12H2,1-2H3,(H,26,30). The fourth-order valence-corrected chi connectivity index (χ4v) is 4.02. The molecule has 2 aromatic carbocycles. The Balaban J connectivity index is 1.59. The molecule has 32 heavy (non-hydrogen) atoms. The van der Waals surface area contributed by atoms with Gasteiger partial charge in [-0.2, -0.15) is 4.98 Å². The quantitative estimate of drug-likeness (QED) is 0.657. The van der Waals surface area contributed by atoms with Crippen molar-refractivity contribution in [1.29, 1.82) is 0 Å². The van der Waals surface area contributed by atoms with E-state index in [1.807, 2.05) is 30.3 Å². The molecule has 1 fully saturated rings. The molecule has 1 saturated carbocycles. The predicted octanol–water partition coefficient (Wildman–Crippen LogP) is 3.40. The molecule has 0 radical (unpaired) electrons. The van der Waals surface area contributed by atoms with Crippen molar-refractivity contribution in [3.63, 3.8) is 0 Å². The Kier molecular flexibility index (Phi) is 5.98. The van der Waals surface area contributed by atoms with Crippen LogP contribution in [-0.2, 0) is 4.79 Å². The van der Waals surface area contributed by atoms with E-state index < -0.39 is 29.5 Å². The minimum absolute atomic E-state index is 0.0134. The van der Waals surface area contributed by atoms with Gasteiger partial charge in [-0.15, -0.1) is 0 Å². The van der Waals surface area contributed by atoms with Crippen molar-refractivity contribution in [3.8, 4) is 11.4 Å². The minimum atomic E-state index is -1.11. The van der Waals surface area contributed by atoms with Crippen molar-refractivity contribution < 1.29 is 22.9 Å². The molecular formula is C23H22F2N4O3. The SMILES string of the molecule is CN(C)C(=O)C1CC(NC(=O)c2ccc(F)c(F)c2)C(c2nc(-c3ccccc3)no2)C1. The zero-order valence-electron chi connectivity index (χ0n) is 17.6. The summed E-state index contributed by atoms with van der Waals surface area (Å²) in [4.78, 5) is 31.3. The second kappa shape index (κ2) is 8.86. The maximum absolute atomic E-state index is 13.6. The van der Waals surface area contributed by atoms with Crippen LogP contribution < -0.4 is 5.32 Å². The van der Waals surface area contributed by atoms with Gasteiger partial charge in [-0.25, -0.2) is 8.78 Å². The number of rotatable bonds is 5. The molecule has 0 spiro atoms. The van der Waals surface area contributed by atoms with Gasteiger partial charge in [-0.1, -0.05) is 35.5 Å². The molecule has 0 bridgehead atoms. The first-order valence-corrected chi connectivity index (χ1v) is 10.2. The van der Waals surface area contributed by atoms with Crippen LogP contribution in [0.1, 0.15) is 35.0 Å². The number of hydrogen-bond donors (Lipinski definition) is 1. The van der Waals surface area contributed by atoms with Crippen molar-refractivity contribution in [2.45, 2.75) is 24.8 Å². The summed E-state index contributed by atoms with van der Waals surface area (Å²) in [6.45, 7) is 0. The maximum atomic E-state index is 13.6. The Hall–Kier alpha value is -3.62. The van der Waals surface area contributed by atoms with E-state index in [9.17, 15) is 18.4 Å². The molecule has 0 saturated heterocycles. The van der Waals surface area contributed by atoms with Gasteiger partial charge in [0.2, 0.25) is 17.6 Å². The first-order valence-electron chi connectivity index (χ1n) is 10.2. The normalized spacial score (nSPS) is 20.2. The average Bonchev–Trinajstić information content (AvgIpc) is 3.43. The smallest absolute Gasteiger partial charge is 0.251 e. The number of halogens is 2. The lowest BCUT2D eigenvalue weighted by Crippen LogP contribution is -2.37. The number of benzene rings is 2. The number of carbonyl (C=O) groups excluding carboxylic acids is 2. The van der Waals surface area contributed by atoms with E-state index in [1.54, 1.807) is 14.1 Å². The largest absolute Gasteiger partial charge is 0.349 e. The van der Waals surface area contributed by atoms with E-state index in [4.69, 9.17) is 4.52 Å². The van der Waals surface area contributed by atoms with Gasteiger partial charge < -0.3 is 14.7 Å². The van der Waals surface area contributed by atoms with Crippen LogP contribution in [-0.4, -0.2) is 47.0 Å². The third-order valence-corrected chi connectivity index (χ3v) is 5.64. The minimum Gasteiger partial charge on any atom is -0.349 e. The zero-order chi connectivity index (χ0) is 22.8. The molecule has 9 heteroatoms. The lowest BCUT2D eigenvalue weighted by Gasteiger charge is -2.18. The third-order valence-electron chi connectivity index (χ3n) is 5.64. The van der Waals surface area contributed by atoms with Crippen molar-refractivity contribution in [1.82, 2.24) is 20.4 Å². The number of aromatic nitrogens is 2. The molecule has 1 aliphatic carbocycles. The highest BCUT2D eigenvalue weighted by Gasteiger charge is 2.43. The van der Waals surface area contributed by atoms with Gasteiger partial charge in [0.15, 0.2) is 11.6 Å². The summed E-state index contributed by atoms with van der Waals surface area (Å²) in [5, 5.41) is 6.88. The second-order valence-corrected chi connectivity index (χ2v) is 8.04. The first-order chi connectivity index (χ1) is 15.3. The lowest BCUT2D eigenvalue weighted by molar-refractivity contribution is -0.132. The summed E-state index contributed by atoms with van der Waals surface area (Å²) < 4.78 is 32.3. The maximum Gasteiger partial charge on any atom is 0.251 e. The Bertz CT molecular complexity index is 1130.